The zero-order valence-corrected chi connectivity index (χ0v) is 19.9. The summed E-state index contributed by atoms with van der Waals surface area (Å²) in [5.74, 6) is 1.16. The third-order valence-corrected chi connectivity index (χ3v) is 7.50. The molecular formula is C29H36O4. The molecule has 1 fully saturated rings. The zero-order chi connectivity index (χ0) is 23.4. The summed E-state index contributed by atoms with van der Waals surface area (Å²) >= 11 is 0. The van der Waals surface area contributed by atoms with E-state index in [9.17, 15) is 14.7 Å². The van der Waals surface area contributed by atoms with Gasteiger partial charge in [-0.15, -0.1) is 0 Å². The molecule has 2 aliphatic rings. The number of ketones is 2. The molecule has 4 nitrogen and oxygen atoms in total. The lowest BCUT2D eigenvalue weighted by atomic mass is 9.61. The van der Waals surface area contributed by atoms with E-state index in [4.69, 9.17) is 4.74 Å². The van der Waals surface area contributed by atoms with Crippen LogP contribution in [0.3, 0.4) is 0 Å². The van der Waals surface area contributed by atoms with Crippen LogP contribution >= 0.6 is 0 Å². The number of rotatable bonds is 9. The standard InChI is InChI=1S/C29H36O4/c1-19(30)15-16-25-23-13-6-7-14-24(23)26-17-22(18-27(31)28(26)29(25)32)33-20(2)9-8-12-21-10-4-3-5-11-21/h3-5,10-11,17-18,20,23-25,31H,6-9,12-16H2,1-2H3/t20?,23-,24-,25+/m1/s1. The molecule has 0 spiro atoms. The van der Waals surface area contributed by atoms with Crippen molar-refractivity contribution in [1.82, 2.24) is 0 Å². The number of carbonyl (C=O) groups excluding carboxylic acids is 2. The van der Waals surface area contributed by atoms with Gasteiger partial charge >= 0.3 is 0 Å². The number of aromatic hydroxyl groups is 1. The van der Waals surface area contributed by atoms with Gasteiger partial charge in [0.1, 0.15) is 17.3 Å². The van der Waals surface area contributed by atoms with Gasteiger partial charge in [-0.3, -0.25) is 4.79 Å². The van der Waals surface area contributed by atoms with E-state index in [1.807, 2.05) is 12.1 Å². The Morgan fingerprint density at radius 1 is 1.15 bits per heavy atom. The van der Waals surface area contributed by atoms with Crippen LogP contribution in [0.2, 0.25) is 0 Å². The number of phenolic OH excluding ortho intramolecular Hbond substituents is 1. The third kappa shape index (κ3) is 5.48. The van der Waals surface area contributed by atoms with Crippen molar-refractivity contribution >= 4 is 11.6 Å². The van der Waals surface area contributed by atoms with Gasteiger partial charge in [-0.05, 0) is 81.4 Å². The number of hydrogen-bond donors (Lipinski definition) is 1. The van der Waals surface area contributed by atoms with Gasteiger partial charge in [0.05, 0.1) is 11.7 Å². The van der Waals surface area contributed by atoms with Gasteiger partial charge in [0, 0.05) is 18.4 Å². The van der Waals surface area contributed by atoms with Crippen LogP contribution in [-0.2, 0) is 11.2 Å². The molecule has 4 atom stereocenters. The van der Waals surface area contributed by atoms with E-state index in [0.29, 0.717) is 24.2 Å². The highest BCUT2D eigenvalue weighted by Crippen LogP contribution is 2.51. The highest BCUT2D eigenvalue weighted by molar-refractivity contribution is 6.03. The van der Waals surface area contributed by atoms with Crippen LogP contribution < -0.4 is 4.74 Å². The van der Waals surface area contributed by atoms with E-state index in [-0.39, 0.29) is 41.2 Å². The molecule has 1 unspecified atom stereocenters. The maximum atomic E-state index is 13.4. The quantitative estimate of drug-likeness (QED) is 0.467. The second-order valence-electron chi connectivity index (χ2n) is 9.98. The van der Waals surface area contributed by atoms with Gasteiger partial charge in [-0.2, -0.15) is 0 Å². The van der Waals surface area contributed by atoms with E-state index >= 15 is 0 Å². The Bertz CT molecular complexity index is 981. The minimum Gasteiger partial charge on any atom is -0.507 e. The van der Waals surface area contributed by atoms with E-state index in [0.717, 1.165) is 50.5 Å². The Kier molecular flexibility index (Phi) is 7.52. The highest BCUT2D eigenvalue weighted by atomic mass is 16.5. The minimum absolute atomic E-state index is 0.00867. The van der Waals surface area contributed by atoms with Crippen molar-refractivity contribution in [1.29, 1.82) is 0 Å². The first-order chi connectivity index (χ1) is 15.9. The first kappa shape index (κ1) is 23.5. The summed E-state index contributed by atoms with van der Waals surface area (Å²) in [6.07, 6.45) is 8.31. The SMILES string of the molecule is CC(=O)CC[C@@H]1C(=O)c2c(O)cc(OC(C)CCCc3ccccc3)cc2[C@@H]2CCCC[C@@H]12. The van der Waals surface area contributed by atoms with Crippen molar-refractivity contribution in [2.45, 2.75) is 83.7 Å². The van der Waals surface area contributed by atoms with Gasteiger partial charge in [0.25, 0.3) is 0 Å². The molecule has 0 saturated heterocycles. The van der Waals surface area contributed by atoms with Crippen LogP contribution in [-0.4, -0.2) is 22.8 Å². The smallest absolute Gasteiger partial charge is 0.170 e. The fraction of sp³-hybridized carbons (Fsp3) is 0.517. The Balaban J connectivity index is 1.49. The zero-order valence-electron chi connectivity index (χ0n) is 19.9. The molecule has 0 heterocycles. The Morgan fingerprint density at radius 3 is 2.67 bits per heavy atom. The molecule has 2 aliphatic carbocycles. The summed E-state index contributed by atoms with van der Waals surface area (Å²) in [4.78, 5) is 25.0. The molecule has 0 radical (unpaired) electrons. The van der Waals surface area contributed by atoms with Gasteiger partial charge in [-0.25, -0.2) is 0 Å². The van der Waals surface area contributed by atoms with Crippen molar-refractivity contribution in [3.8, 4) is 11.5 Å². The Morgan fingerprint density at radius 2 is 1.91 bits per heavy atom. The Labute approximate surface area is 197 Å². The van der Waals surface area contributed by atoms with E-state index in [2.05, 4.69) is 31.2 Å². The highest BCUT2D eigenvalue weighted by Gasteiger charge is 2.44. The molecule has 2 aromatic rings. The predicted octanol–water partition coefficient (Wildman–Crippen LogP) is 6.64. The van der Waals surface area contributed by atoms with Crippen LogP contribution in [0.15, 0.2) is 42.5 Å². The number of fused-ring (bicyclic) bond motifs is 3. The number of phenols is 1. The second kappa shape index (κ2) is 10.5. The van der Waals surface area contributed by atoms with Gasteiger partial charge in [0.2, 0.25) is 0 Å². The number of aryl methyl sites for hydroxylation is 1. The summed E-state index contributed by atoms with van der Waals surface area (Å²) in [6.45, 7) is 3.65. The summed E-state index contributed by atoms with van der Waals surface area (Å²) in [6, 6.07) is 14.1. The van der Waals surface area contributed by atoms with Crippen molar-refractivity contribution in [3.05, 3.63) is 59.2 Å². The summed E-state index contributed by atoms with van der Waals surface area (Å²) in [5.41, 5.74) is 2.75. The molecular weight excluding hydrogens is 412 g/mol. The van der Waals surface area contributed by atoms with E-state index in [1.165, 1.54) is 5.56 Å². The van der Waals surface area contributed by atoms with Crippen LogP contribution in [0.5, 0.6) is 11.5 Å². The first-order valence-corrected chi connectivity index (χ1v) is 12.5. The third-order valence-electron chi connectivity index (χ3n) is 7.50. The molecule has 1 N–H and O–H groups in total. The number of Topliss-reactive ketones (excluding diaryl/α,β-unsaturated/α-hetero) is 2. The van der Waals surface area contributed by atoms with E-state index in [1.54, 1.807) is 13.0 Å². The van der Waals surface area contributed by atoms with Gasteiger partial charge < -0.3 is 14.6 Å². The molecule has 4 rings (SSSR count). The number of carbonyl (C=O) groups is 2. The van der Waals surface area contributed by atoms with Crippen LogP contribution in [0, 0.1) is 11.8 Å². The maximum absolute atomic E-state index is 13.4. The second-order valence-corrected chi connectivity index (χ2v) is 9.98. The molecule has 0 amide bonds. The Hall–Kier alpha value is -2.62. The van der Waals surface area contributed by atoms with Crippen molar-refractivity contribution < 1.29 is 19.4 Å². The predicted molar refractivity (Wildman–Crippen MR) is 130 cm³/mol. The number of ether oxygens (including phenoxy) is 1. The average molecular weight is 449 g/mol. The normalized spacial score (nSPS) is 22.8. The molecule has 0 bridgehead atoms. The van der Waals surface area contributed by atoms with E-state index < -0.39 is 0 Å². The monoisotopic (exact) mass is 448 g/mol. The van der Waals surface area contributed by atoms with Crippen molar-refractivity contribution in [3.63, 3.8) is 0 Å². The van der Waals surface area contributed by atoms with Crippen LogP contribution in [0.4, 0.5) is 0 Å². The lowest BCUT2D eigenvalue weighted by molar-refractivity contribution is -0.117. The summed E-state index contributed by atoms with van der Waals surface area (Å²) < 4.78 is 6.20. The number of benzene rings is 2. The molecule has 1 saturated carbocycles. The minimum atomic E-state index is -0.165. The van der Waals surface area contributed by atoms with Crippen molar-refractivity contribution in [2.24, 2.45) is 11.8 Å². The fourth-order valence-electron chi connectivity index (χ4n) is 5.89. The fourth-order valence-corrected chi connectivity index (χ4v) is 5.89. The maximum Gasteiger partial charge on any atom is 0.170 e. The first-order valence-electron chi connectivity index (χ1n) is 12.5. The molecule has 4 heteroatoms. The largest absolute Gasteiger partial charge is 0.507 e. The lowest BCUT2D eigenvalue weighted by Crippen LogP contribution is -2.37. The van der Waals surface area contributed by atoms with Crippen molar-refractivity contribution in [2.75, 3.05) is 0 Å². The topological polar surface area (TPSA) is 63.6 Å². The molecule has 0 aliphatic heterocycles. The molecule has 176 valence electrons. The number of hydrogen-bond acceptors (Lipinski definition) is 4. The average Bonchev–Trinajstić information content (AvgIpc) is 2.79. The summed E-state index contributed by atoms with van der Waals surface area (Å²) in [7, 11) is 0. The van der Waals surface area contributed by atoms with Crippen LogP contribution in [0.25, 0.3) is 0 Å². The van der Waals surface area contributed by atoms with Crippen LogP contribution in [0.1, 0.15) is 92.6 Å². The lowest BCUT2D eigenvalue weighted by Gasteiger charge is -2.42. The molecule has 2 aromatic carbocycles. The molecule has 33 heavy (non-hydrogen) atoms. The summed E-state index contributed by atoms with van der Waals surface area (Å²) in [5, 5.41) is 10.9. The molecule has 0 aromatic heterocycles. The van der Waals surface area contributed by atoms with Gasteiger partial charge in [-0.1, -0.05) is 43.2 Å². The van der Waals surface area contributed by atoms with Gasteiger partial charge in [0.15, 0.2) is 5.78 Å².